The van der Waals surface area contributed by atoms with E-state index in [1.165, 1.54) is 6.08 Å². The van der Waals surface area contributed by atoms with E-state index in [2.05, 4.69) is 11.6 Å². The summed E-state index contributed by atoms with van der Waals surface area (Å²) >= 11 is 12.0. The van der Waals surface area contributed by atoms with Crippen molar-refractivity contribution in [3.05, 3.63) is 76.6 Å². The molecule has 0 saturated carbocycles. The Bertz CT molecular complexity index is 571. The molecule has 0 fully saturated rings. The van der Waals surface area contributed by atoms with Gasteiger partial charge in [-0.25, -0.2) is 0 Å². The lowest BCUT2D eigenvalue weighted by molar-refractivity contribution is 0.134. The van der Waals surface area contributed by atoms with Gasteiger partial charge in [-0.1, -0.05) is 48.0 Å². The van der Waals surface area contributed by atoms with Gasteiger partial charge in [-0.15, -0.1) is 0 Å². The Morgan fingerprint density at radius 3 is 2.61 bits per heavy atom. The maximum Gasteiger partial charge on any atom is 0.136 e. The fourth-order valence-electron chi connectivity index (χ4n) is 1.77. The molecule has 0 spiro atoms. The zero-order valence-corrected chi connectivity index (χ0v) is 11.0. The van der Waals surface area contributed by atoms with Crippen molar-refractivity contribution in [3.8, 4) is 0 Å². The summed E-state index contributed by atoms with van der Waals surface area (Å²) in [5, 5.41) is 11.6. The van der Waals surface area contributed by atoms with Crippen LogP contribution in [0.4, 0.5) is 0 Å². The van der Waals surface area contributed by atoms with Gasteiger partial charge in [-0.2, -0.15) is 0 Å². The summed E-state index contributed by atoms with van der Waals surface area (Å²) in [6, 6.07) is 8.45. The van der Waals surface area contributed by atoms with Crippen molar-refractivity contribution in [1.29, 1.82) is 0 Å². The fraction of sp³-hybridized carbons (Fsp3) is 0.0714. The first-order valence-electron chi connectivity index (χ1n) is 5.30. The number of hydrogen-bond acceptors (Lipinski definition) is 2. The fourth-order valence-corrected chi connectivity index (χ4v) is 2.32. The summed E-state index contributed by atoms with van der Waals surface area (Å²) in [4.78, 5) is 3.99. The molecular weight excluding hydrogens is 269 g/mol. The molecule has 2 nitrogen and oxygen atoms in total. The average molecular weight is 280 g/mol. The van der Waals surface area contributed by atoms with E-state index in [-0.39, 0.29) is 0 Å². The molecule has 0 amide bonds. The molecule has 1 heterocycles. The van der Waals surface area contributed by atoms with Crippen LogP contribution in [0.3, 0.4) is 0 Å². The summed E-state index contributed by atoms with van der Waals surface area (Å²) < 4.78 is 0. The van der Waals surface area contributed by atoms with Crippen LogP contribution in [0.15, 0.2) is 55.4 Å². The van der Waals surface area contributed by atoms with Crippen LogP contribution in [0, 0.1) is 0 Å². The van der Waals surface area contributed by atoms with Gasteiger partial charge >= 0.3 is 0 Å². The van der Waals surface area contributed by atoms with E-state index in [0.717, 1.165) is 0 Å². The third-order valence-electron chi connectivity index (χ3n) is 2.74. The van der Waals surface area contributed by atoms with Crippen molar-refractivity contribution < 1.29 is 5.11 Å². The Morgan fingerprint density at radius 2 is 2.06 bits per heavy atom. The number of rotatable bonds is 3. The number of nitrogens with zero attached hydrogens (tertiary/aromatic N) is 1. The first kappa shape index (κ1) is 13.1. The van der Waals surface area contributed by atoms with Crippen LogP contribution in [0.1, 0.15) is 11.1 Å². The molecule has 1 atom stereocenters. The van der Waals surface area contributed by atoms with E-state index in [1.54, 1.807) is 42.7 Å². The lowest BCUT2D eigenvalue weighted by atomic mass is 9.87. The van der Waals surface area contributed by atoms with Crippen molar-refractivity contribution in [2.45, 2.75) is 5.60 Å². The monoisotopic (exact) mass is 279 g/mol. The quantitative estimate of drug-likeness (QED) is 0.867. The van der Waals surface area contributed by atoms with E-state index >= 15 is 0 Å². The SMILES string of the molecule is C=C[C@](O)(c1cccnc1)c1ccc(Cl)cc1Cl. The molecule has 1 aromatic carbocycles. The Morgan fingerprint density at radius 1 is 1.28 bits per heavy atom. The summed E-state index contributed by atoms with van der Waals surface area (Å²) in [5.74, 6) is 0. The van der Waals surface area contributed by atoms with Gasteiger partial charge in [0.2, 0.25) is 0 Å². The molecule has 0 aliphatic carbocycles. The van der Waals surface area contributed by atoms with Gasteiger partial charge < -0.3 is 5.11 Å². The molecule has 0 saturated heterocycles. The molecule has 0 radical (unpaired) electrons. The second-order valence-corrected chi connectivity index (χ2v) is 4.68. The largest absolute Gasteiger partial charge is 0.377 e. The van der Waals surface area contributed by atoms with E-state index in [0.29, 0.717) is 21.2 Å². The lowest BCUT2D eigenvalue weighted by Gasteiger charge is -2.26. The molecule has 2 rings (SSSR count). The van der Waals surface area contributed by atoms with Crippen molar-refractivity contribution in [3.63, 3.8) is 0 Å². The Kier molecular flexibility index (Phi) is 3.71. The van der Waals surface area contributed by atoms with E-state index in [1.807, 2.05) is 0 Å². The summed E-state index contributed by atoms with van der Waals surface area (Å²) in [7, 11) is 0. The zero-order valence-electron chi connectivity index (χ0n) is 9.48. The Hall–Kier alpha value is -1.35. The van der Waals surface area contributed by atoms with Crippen LogP contribution < -0.4 is 0 Å². The van der Waals surface area contributed by atoms with Crippen LogP contribution >= 0.6 is 23.2 Å². The molecule has 4 heteroatoms. The molecule has 1 N–H and O–H groups in total. The van der Waals surface area contributed by atoms with E-state index < -0.39 is 5.60 Å². The molecule has 0 unspecified atom stereocenters. The van der Waals surface area contributed by atoms with Crippen LogP contribution in [-0.4, -0.2) is 10.1 Å². The van der Waals surface area contributed by atoms with Crippen molar-refractivity contribution in [2.24, 2.45) is 0 Å². The van der Waals surface area contributed by atoms with Crippen molar-refractivity contribution in [1.82, 2.24) is 4.98 Å². The van der Waals surface area contributed by atoms with Gasteiger partial charge in [0, 0.05) is 33.6 Å². The highest BCUT2D eigenvalue weighted by atomic mass is 35.5. The Labute approximate surface area is 116 Å². The molecule has 0 aliphatic rings. The van der Waals surface area contributed by atoms with Gasteiger partial charge in [-0.3, -0.25) is 4.98 Å². The third kappa shape index (κ3) is 2.27. The number of halogens is 2. The van der Waals surface area contributed by atoms with E-state index in [9.17, 15) is 5.11 Å². The van der Waals surface area contributed by atoms with Crippen LogP contribution in [0.25, 0.3) is 0 Å². The molecule has 92 valence electrons. The van der Waals surface area contributed by atoms with Gasteiger partial charge in [-0.05, 0) is 18.2 Å². The highest BCUT2D eigenvalue weighted by Gasteiger charge is 2.30. The number of aliphatic hydroxyl groups is 1. The van der Waals surface area contributed by atoms with Crippen LogP contribution in [-0.2, 0) is 5.60 Å². The molecule has 2 aromatic rings. The summed E-state index contributed by atoms with van der Waals surface area (Å²) in [6.45, 7) is 3.68. The minimum atomic E-state index is -1.38. The smallest absolute Gasteiger partial charge is 0.136 e. The lowest BCUT2D eigenvalue weighted by Crippen LogP contribution is -2.24. The second-order valence-electron chi connectivity index (χ2n) is 3.84. The molecule has 18 heavy (non-hydrogen) atoms. The zero-order chi connectivity index (χ0) is 13.2. The molecule has 0 aliphatic heterocycles. The molecule has 1 aromatic heterocycles. The molecule has 0 bridgehead atoms. The normalized spacial score (nSPS) is 13.9. The summed E-state index contributed by atoms with van der Waals surface area (Å²) in [6.07, 6.45) is 4.64. The highest BCUT2D eigenvalue weighted by molar-refractivity contribution is 6.35. The average Bonchev–Trinajstić information content (AvgIpc) is 2.39. The first-order chi connectivity index (χ1) is 8.58. The van der Waals surface area contributed by atoms with Crippen molar-refractivity contribution >= 4 is 23.2 Å². The van der Waals surface area contributed by atoms with Gasteiger partial charge in [0.25, 0.3) is 0 Å². The topological polar surface area (TPSA) is 33.1 Å². The standard InChI is InChI=1S/C14H11Cl2NO/c1-2-14(18,10-4-3-7-17-9-10)12-6-5-11(15)8-13(12)16/h2-9,18H,1H2/t14-/m0/s1. The Balaban J connectivity index is 2.60. The maximum atomic E-state index is 10.7. The van der Waals surface area contributed by atoms with Crippen LogP contribution in [0.2, 0.25) is 10.0 Å². The second kappa shape index (κ2) is 5.11. The van der Waals surface area contributed by atoms with Gasteiger partial charge in [0.1, 0.15) is 5.60 Å². The number of benzene rings is 1. The maximum absolute atomic E-state index is 10.7. The molecular formula is C14H11Cl2NO. The van der Waals surface area contributed by atoms with E-state index in [4.69, 9.17) is 23.2 Å². The number of pyridine rings is 1. The van der Waals surface area contributed by atoms with Crippen LogP contribution in [0.5, 0.6) is 0 Å². The van der Waals surface area contributed by atoms with Gasteiger partial charge in [0.05, 0.1) is 0 Å². The number of aromatic nitrogens is 1. The third-order valence-corrected chi connectivity index (χ3v) is 3.29. The minimum Gasteiger partial charge on any atom is -0.377 e. The minimum absolute atomic E-state index is 0.383. The summed E-state index contributed by atoms with van der Waals surface area (Å²) in [5.41, 5.74) is -0.253. The predicted octanol–water partition coefficient (Wildman–Crippen LogP) is 3.81. The number of hydrogen-bond donors (Lipinski definition) is 1. The predicted molar refractivity (Wildman–Crippen MR) is 73.9 cm³/mol. The highest BCUT2D eigenvalue weighted by Crippen LogP contribution is 2.36. The first-order valence-corrected chi connectivity index (χ1v) is 6.05. The van der Waals surface area contributed by atoms with Gasteiger partial charge in [0.15, 0.2) is 0 Å². The van der Waals surface area contributed by atoms with Crippen molar-refractivity contribution in [2.75, 3.05) is 0 Å².